The zero-order chi connectivity index (χ0) is 16.5. The molecule has 0 aliphatic carbocycles. The monoisotopic (exact) mass is 320 g/mol. The zero-order valence-electron chi connectivity index (χ0n) is 13.8. The van der Waals surface area contributed by atoms with Crippen molar-refractivity contribution in [1.29, 1.82) is 0 Å². The predicted molar refractivity (Wildman–Crippen MR) is 96.5 cm³/mol. The minimum atomic E-state index is 0.750. The van der Waals surface area contributed by atoms with Crippen LogP contribution in [0.2, 0.25) is 0 Å². The van der Waals surface area contributed by atoms with Crippen molar-refractivity contribution in [2.75, 3.05) is 38.1 Å². The van der Waals surface area contributed by atoms with Gasteiger partial charge in [0.2, 0.25) is 0 Å². The first-order chi connectivity index (χ1) is 11.7. The third-order valence-corrected chi connectivity index (χ3v) is 4.49. The maximum atomic E-state index is 4.55. The minimum absolute atomic E-state index is 0.750. The van der Waals surface area contributed by atoms with Crippen LogP contribution in [-0.2, 0) is 0 Å². The molecule has 4 rings (SSSR count). The summed E-state index contributed by atoms with van der Waals surface area (Å²) < 4.78 is 1.77. The van der Waals surface area contributed by atoms with Crippen LogP contribution in [0.5, 0.6) is 0 Å². The molecule has 0 spiro atoms. The van der Waals surface area contributed by atoms with Crippen molar-refractivity contribution >= 4 is 22.9 Å². The van der Waals surface area contributed by atoms with Gasteiger partial charge in [0, 0.05) is 31.9 Å². The summed E-state index contributed by atoms with van der Waals surface area (Å²) in [5.74, 6) is 0. The number of benzene rings is 1. The summed E-state index contributed by atoms with van der Waals surface area (Å²) in [6, 6.07) is 12.2. The second kappa shape index (κ2) is 6.05. The van der Waals surface area contributed by atoms with Gasteiger partial charge in [-0.2, -0.15) is 4.68 Å². The number of hydrogen-bond donors (Lipinski definition) is 0. The van der Waals surface area contributed by atoms with Crippen LogP contribution in [0, 0.1) is 0 Å². The second-order valence-corrected chi connectivity index (χ2v) is 6.09. The van der Waals surface area contributed by atoms with Crippen LogP contribution in [0.25, 0.3) is 22.9 Å². The Labute approximate surface area is 141 Å². The van der Waals surface area contributed by atoms with Crippen LogP contribution < -0.4 is 4.90 Å². The van der Waals surface area contributed by atoms with Crippen molar-refractivity contribution in [3.8, 4) is 5.69 Å². The summed E-state index contributed by atoms with van der Waals surface area (Å²) in [5.41, 5.74) is 4.56. The average Bonchev–Trinajstić information content (AvgIpc) is 3.05. The molecule has 1 aliphatic rings. The molecule has 3 heterocycles. The lowest BCUT2D eigenvalue weighted by molar-refractivity contribution is 0.313. The van der Waals surface area contributed by atoms with E-state index in [1.807, 2.05) is 12.1 Å². The molecule has 3 aromatic rings. The van der Waals surface area contributed by atoms with E-state index in [0.717, 1.165) is 48.7 Å². The zero-order valence-corrected chi connectivity index (χ0v) is 13.8. The Morgan fingerprint density at radius 3 is 2.38 bits per heavy atom. The molecular formula is C18H20N6. The smallest absolute Gasteiger partial charge is 0.184 e. The first-order valence-corrected chi connectivity index (χ1v) is 8.13. The molecule has 0 radical (unpaired) electrons. The van der Waals surface area contributed by atoms with Gasteiger partial charge in [0.25, 0.3) is 0 Å². The highest BCUT2D eigenvalue weighted by Gasteiger charge is 2.15. The van der Waals surface area contributed by atoms with E-state index in [-0.39, 0.29) is 0 Å². The Kier molecular flexibility index (Phi) is 3.74. The molecule has 1 aliphatic heterocycles. The number of pyridine rings is 1. The van der Waals surface area contributed by atoms with Crippen LogP contribution in [0.3, 0.4) is 0 Å². The molecule has 0 N–H and O–H groups in total. The molecule has 0 atom stereocenters. The Morgan fingerprint density at radius 1 is 0.958 bits per heavy atom. The molecule has 122 valence electrons. The number of fused-ring (bicyclic) bond motifs is 1. The van der Waals surface area contributed by atoms with Gasteiger partial charge in [-0.05, 0) is 49.5 Å². The number of aromatic nitrogens is 4. The molecular weight excluding hydrogens is 300 g/mol. The SMILES string of the molecule is C=Cc1ccc2nnn(-c3ccc(N4CCN(C)CC4)cc3)c2n1. The van der Waals surface area contributed by atoms with E-state index in [1.54, 1.807) is 10.8 Å². The molecule has 24 heavy (non-hydrogen) atoms. The third kappa shape index (κ3) is 2.65. The Hall–Kier alpha value is -2.73. The predicted octanol–water partition coefficient (Wildman–Crippen LogP) is 2.21. The first-order valence-electron chi connectivity index (χ1n) is 8.13. The minimum Gasteiger partial charge on any atom is -0.369 e. The lowest BCUT2D eigenvalue weighted by Gasteiger charge is -2.34. The van der Waals surface area contributed by atoms with Gasteiger partial charge in [0.15, 0.2) is 5.65 Å². The van der Waals surface area contributed by atoms with Gasteiger partial charge in [-0.15, -0.1) is 5.10 Å². The number of hydrogen-bond acceptors (Lipinski definition) is 5. The molecule has 6 heteroatoms. The highest BCUT2D eigenvalue weighted by atomic mass is 15.4. The van der Waals surface area contributed by atoms with Crippen molar-refractivity contribution in [1.82, 2.24) is 24.9 Å². The quantitative estimate of drug-likeness (QED) is 0.740. The molecule has 1 fully saturated rings. The van der Waals surface area contributed by atoms with E-state index < -0.39 is 0 Å². The third-order valence-electron chi connectivity index (χ3n) is 4.49. The molecule has 0 saturated carbocycles. The average molecular weight is 320 g/mol. The van der Waals surface area contributed by atoms with E-state index >= 15 is 0 Å². The second-order valence-electron chi connectivity index (χ2n) is 6.09. The number of rotatable bonds is 3. The fourth-order valence-electron chi connectivity index (χ4n) is 2.98. The van der Waals surface area contributed by atoms with Crippen molar-refractivity contribution in [3.63, 3.8) is 0 Å². The largest absolute Gasteiger partial charge is 0.369 e. The fourth-order valence-corrected chi connectivity index (χ4v) is 2.98. The van der Waals surface area contributed by atoms with Gasteiger partial charge >= 0.3 is 0 Å². The Bertz CT molecular complexity index is 859. The van der Waals surface area contributed by atoms with E-state index in [4.69, 9.17) is 0 Å². The van der Waals surface area contributed by atoms with E-state index in [0.29, 0.717) is 0 Å². The molecule has 0 amide bonds. The molecule has 0 unspecified atom stereocenters. The normalized spacial score (nSPS) is 15.8. The summed E-state index contributed by atoms with van der Waals surface area (Å²) >= 11 is 0. The van der Waals surface area contributed by atoms with Gasteiger partial charge in [-0.1, -0.05) is 11.8 Å². The Balaban J connectivity index is 1.64. The summed E-state index contributed by atoms with van der Waals surface area (Å²) in [7, 11) is 2.17. The number of piperazine rings is 1. The molecule has 6 nitrogen and oxygen atoms in total. The van der Waals surface area contributed by atoms with E-state index in [1.165, 1.54) is 5.69 Å². The maximum absolute atomic E-state index is 4.55. The highest BCUT2D eigenvalue weighted by molar-refractivity contribution is 5.73. The van der Waals surface area contributed by atoms with Crippen LogP contribution >= 0.6 is 0 Å². The van der Waals surface area contributed by atoms with Gasteiger partial charge in [0.05, 0.1) is 11.4 Å². The topological polar surface area (TPSA) is 50.1 Å². The highest BCUT2D eigenvalue weighted by Crippen LogP contribution is 2.20. The van der Waals surface area contributed by atoms with Gasteiger partial charge < -0.3 is 9.80 Å². The Morgan fingerprint density at radius 2 is 1.67 bits per heavy atom. The van der Waals surface area contributed by atoms with Crippen LogP contribution in [0.1, 0.15) is 5.69 Å². The summed E-state index contributed by atoms with van der Waals surface area (Å²) in [4.78, 5) is 9.33. The van der Waals surface area contributed by atoms with Crippen molar-refractivity contribution in [3.05, 3.63) is 48.7 Å². The van der Waals surface area contributed by atoms with Crippen molar-refractivity contribution in [2.24, 2.45) is 0 Å². The van der Waals surface area contributed by atoms with Gasteiger partial charge in [0.1, 0.15) is 5.52 Å². The lowest BCUT2D eigenvalue weighted by atomic mass is 10.2. The lowest BCUT2D eigenvalue weighted by Crippen LogP contribution is -2.44. The summed E-state index contributed by atoms with van der Waals surface area (Å²) in [6.07, 6.45) is 1.73. The van der Waals surface area contributed by atoms with Crippen molar-refractivity contribution in [2.45, 2.75) is 0 Å². The number of likely N-dealkylation sites (N-methyl/N-ethyl adjacent to an activating group) is 1. The summed E-state index contributed by atoms with van der Waals surface area (Å²) in [6.45, 7) is 8.10. The summed E-state index contributed by atoms with van der Waals surface area (Å²) in [5, 5.41) is 8.43. The standard InChI is InChI=1S/C18H20N6/c1-3-14-4-9-17-18(19-14)24(21-20-17)16-7-5-15(6-8-16)23-12-10-22(2)11-13-23/h3-9H,1,10-13H2,2H3. The van der Waals surface area contributed by atoms with Crippen LogP contribution in [0.4, 0.5) is 5.69 Å². The number of anilines is 1. The number of nitrogens with zero attached hydrogens (tertiary/aromatic N) is 6. The van der Waals surface area contributed by atoms with E-state index in [2.05, 4.69) is 63.0 Å². The maximum Gasteiger partial charge on any atom is 0.184 e. The van der Waals surface area contributed by atoms with Crippen molar-refractivity contribution < 1.29 is 0 Å². The molecule has 1 saturated heterocycles. The van der Waals surface area contributed by atoms with Crippen LogP contribution in [0.15, 0.2) is 43.0 Å². The van der Waals surface area contributed by atoms with Gasteiger partial charge in [-0.25, -0.2) is 4.98 Å². The molecule has 2 aromatic heterocycles. The van der Waals surface area contributed by atoms with E-state index in [9.17, 15) is 0 Å². The van der Waals surface area contributed by atoms with Gasteiger partial charge in [-0.3, -0.25) is 0 Å². The molecule has 1 aromatic carbocycles. The molecule has 0 bridgehead atoms. The van der Waals surface area contributed by atoms with Crippen LogP contribution in [-0.4, -0.2) is 58.1 Å². The fraction of sp³-hybridized carbons (Fsp3) is 0.278. The first kappa shape index (κ1) is 14.8.